The van der Waals surface area contributed by atoms with Gasteiger partial charge in [-0.1, -0.05) is 11.2 Å². The maximum absolute atomic E-state index is 10.0. The number of nitrogens with zero attached hydrogens (tertiary/aromatic N) is 1. The van der Waals surface area contributed by atoms with Crippen LogP contribution in [0.1, 0.15) is 0 Å². The standard InChI is InChI=1S/C6H5NO2/c8-5-6-3-1-2-4-7-9-6/h1-5H. The van der Waals surface area contributed by atoms with Crippen molar-refractivity contribution in [3.8, 4) is 0 Å². The third-order valence-corrected chi connectivity index (χ3v) is 0.793. The van der Waals surface area contributed by atoms with Gasteiger partial charge in [0.05, 0.1) is 6.21 Å². The zero-order valence-corrected chi connectivity index (χ0v) is 4.65. The van der Waals surface area contributed by atoms with E-state index in [0.717, 1.165) is 0 Å². The molecular formula is C6H5NO2. The van der Waals surface area contributed by atoms with E-state index in [9.17, 15) is 4.79 Å². The SMILES string of the molecule is O=CC1=CC=CC=NO1. The molecule has 0 aromatic rings. The predicted molar refractivity (Wildman–Crippen MR) is 32.9 cm³/mol. The van der Waals surface area contributed by atoms with E-state index in [1.54, 1.807) is 18.2 Å². The lowest BCUT2D eigenvalue weighted by Gasteiger charge is -1.88. The number of carbonyl (C=O) groups is 1. The van der Waals surface area contributed by atoms with Gasteiger partial charge in [0.25, 0.3) is 0 Å². The lowest BCUT2D eigenvalue weighted by atomic mass is 10.4. The van der Waals surface area contributed by atoms with Crippen molar-refractivity contribution >= 4 is 12.5 Å². The summed E-state index contributed by atoms with van der Waals surface area (Å²) >= 11 is 0. The van der Waals surface area contributed by atoms with Gasteiger partial charge in [-0.2, -0.15) is 0 Å². The Labute approximate surface area is 52.3 Å². The lowest BCUT2D eigenvalue weighted by Crippen LogP contribution is -1.83. The van der Waals surface area contributed by atoms with Crippen LogP contribution in [0.25, 0.3) is 0 Å². The van der Waals surface area contributed by atoms with Crippen LogP contribution in [0.3, 0.4) is 0 Å². The zero-order chi connectivity index (χ0) is 6.53. The van der Waals surface area contributed by atoms with E-state index < -0.39 is 0 Å². The highest BCUT2D eigenvalue weighted by atomic mass is 16.6. The fourth-order valence-corrected chi connectivity index (χ4v) is 0.418. The summed E-state index contributed by atoms with van der Waals surface area (Å²) in [5.41, 5.74) is 0. The summed E-state index contributed by atoms with van der Waals surface area (Å²) in [5, 5.41) is 3.41. The minimum atomic E-state index is 0.222. The van der Waals surface area contributed by atoms with E-state index in [1.165, 1.54) is 6.21 Å². The fourth-order valence-electron chi connectivity index (χ4n) is 0.418. The molecule has 0 unspecified atom stereocenters. The highest BCUT2D eigenvalue weighted by Gasteiger charge is 1.92. The molecule has 1 rings (SSSR count). The summed E-state index contributed by atoms with van der Waals surface area (Å²) in [6.07, 6.45) is 6.97. The summed E-state index contributed by atoms with van der Waals surface area (Å²) in [6, 6.07) is 0. The van der Waals surface area contributed by atoms with Crippen molar-refractivity contribution in [3.63, 3.8) is 0 Å². The molecule has 0 saturated heterocycles. The Balaban J connectivity index is 2.73. The van der Waals surface area contributed by atoms with Gasteiger partial charge in [-0.25, -0.2) is 0 Å². The Bertz CT molecular complexity index is 191. The van der Waals surface area contributed by atoms with Crippen molar-refractivity contribution in [3.05, 3.63) is 24.0 Å². The summed E-state index contributed by atoms with van der Waals surface area (Å²) in [5.74, 6) is 0.222. The summed E-state index contributed by atoms with van der Waals surface area (Å²) in [4.78, 5) is 14.6. The summed E-state index contributed by atoms with van der Waals surface area (Å²) < 4.78 is 0. The summed E-state index contributed by atoms with van der Waals surface area (Å²) in [6.45, 7) is 0. The molecule has 1 heterocycles. The van der Waals surface area contributed by atoms with E-state index in [-0.39, 0.29) is 5.76 Å². The highest BCUT2D eigenvalue weighted by molar-refractivity contribution is 5.75. The number of aldehydes is 1. The second-order valence-corrected chi connectivity index (χ2v) is 1.42. The molecule has 3 nitrogen and oxygen atoms in total. The van der Waals surface area contributed by atoms with Crippen LogP contribution in [-0.2, 0) is 9.63 Å². The topological polar surface area (TPSA) is 38.7 Å². The Morgan fingerprint density at radius 1 is 1.56 bits per heavy atom. The maximum atomic E-state index is 10.0. The zero-order valence-electron chi connectivity index (χ0n) is 4.65. The molecule has 0 N–H and O–H groups in total. The molecule has 46 valence electrons. The molecule has 0 fully saturated rings. The molecular weight excluding hydrogens is 118 g/mol. The first kappa shape index (κ1) is 5.75. The van der Waals surface area contributed by atoms with Crippen LogP contribution in [0, 0.1) is 0 Å². The van der Waals surface area contributed by atoms with Gasteiger partial charge in [-0.3, -0.25) is 4.79 Å². The molecule has 0 aromatic heterocycles. The third-order valence-electron chi connectivity index (χ3n) is 0.793. The molecule has 0 amide bonds. The molecule has 1 aliphatic heterocycles. The van der Waals surface area contributed by atoms with Crippen molar-refractivity contribution in [2.24, 2.45) is 5.16 Å². The van der Waals surface area contributed by atoms with Gasteiger partial charge in [-0.05, 0) is 12.2 Å². The van der Waals surface area contributed by atoms with Gasteiger partial charge in [-0.15, -0.1) is 0 Å². The molecule has 0 saturated carbocycles. The average molecular weight is 123 g/mol. The van der Waals surface area contributed by atoms with Crippen molar-refractivity contribution in [1.82, 2.24) is 0 Å². The van der Waals surface area contributed by atoms with Gasteiger partial charge >= 0.3 is 0 Å². The lowest BCUT2D eigenvalue weighted by molar-refractivity contribution is -0.107. The maximum Gasteiger partial charge on any atom is 0.197 e. The first-order chi connectivity index (χ1) is 4.43. The molecule has 0 spiro atoms. The number of hydrogen-bond acceptors (Lipinski definition) is 3. The minimum absolute atomic E-state index is 0.222. The molecule has 0 aromatic carbocycles. The van der Waals surface area contributed by atoms with Gasteiger partial charge in [0.2, 0.25) is 0 Å². The highest BCUT2D eigenvalue weighted by Crippen LogP contribution is 1.96. The smallest absolute Gasteiger partial charge is 0.197 e. The van der Waals surface area contributed by atoms with Crippen LogP contribution < -0.4 is 0 Å². The first-order valence-corrected chi connectivity index (χ1v) is 2.46. The normalized spacial score (nSPS) is 15.8. The number of rotatable bonds is 1. The number of carbonyl (C=O) groups excluding carboxylic acids is 1. The Morgan fingerprint density at radius 2 is 2.44 bits per heavy atom. The second-order valence-electron chi connectivity index (χ2n) is 1.42. The van der Waals surface area contributed by atoms with E-state index in [1.807, 2.05) is 0 Å². The van der Waals surface area contributed by atoms with Gasteiger partial charge in [0, 0.05) is 0 Å². The second kappa shape index (κ2) is 2.81. The number of hydrogen-bond donors (Lipinski definition) is 0. The molecule has 3 heteroatoms. The van der Waals surface area contributed by atoms with Crippen molar-refractivity contribution in [1.29, 1.82) is 0 Å². The molecule has 0 bridgehead atoms. The first-order valence-electron chi connectivity index (χ1n) is 2.46. The summed E-state index contributed by atoms with van der Waals surface area (Å²) in [7, 11) is 0. The molecule has 0 atom stereocenters. The minimum Gasteiger partial charge on any atom is -0.354 e. The van der Waals surface area contributed by atoms with Crippen LogP contribution in [0.2, 0.25) is 0 Å². The van der Waals surface area contributed by atoms with Crippen LogP contribution in [0.15, 0.2) is 29.1 Å². The van der Waals surface area contributed by atoms with Crippen molar-refractivity contribution < 1.29 is 9.63 Å². The molecule has 0 radical (unpaired) electrons. The quantitative estimate of drug-likeness (QED) is 0.480. The van der Waals surface area contributed by atoms with E-state index >= 15 is 0 Å². The van der Waals surface area contributed by atoms with Crippen molar-refractivity contribution in [2.45, 2.75) is 0 Å². The predicted octanol–water partition coefficient (Wildman–Crippen LogP) is 0.641. The average Bonchev–Trinajstić information content (AvgIpc) is 2.13. The Morgan fingerprint density at radius 3 is 3.22 bits per heavy atom. The number of allylic oxidation sites excluding steroid dienone is 4. The fraction of sp³-hybridized carbons (Fsp3) is 0. The molecule has 1 aliphatic rings. The monoisotopic (exact) mass is 123 g/mol. The van der Waals surface area contributed by atoms with Gasteiger partial charge < -0.3 is 4.84 Å². The van der Waals surface area contributed by atoms with Crippen LogP contribution >= 0.6 is 0 Å². The number of oxime groups is 1. The van der Waals surface area contributed by atoms with Gasteiger partial charge in [0.15, 0.2) is 12.0 Å². The van der Waals surface area contributed by atoms with Crippen LogP contribution in [0.4, 0.5) is 0 Å². The van der Waals surface area contributed by atoms with Gasteiger partial charge in [0.1, 0.15) is 0 Å². The Kier molecular flexibility index (Phi) is 1.80. The Hall–Kier alpha value is -1.38. The van der Waals surface area contributed by atoms with Crippen LogP contribution in [-0.4, -0.2) is 12.5 Å². The van der Waals surface area contributed by atoms with E-state index in [0.29, 0.717) is 6.29 Å². The van der Waals surface area contributed by atoms with E-state index in [4.69, 9.17) is 0 Å². The molecule has 9 heavy (non-hydrogen) atoms. The third kappa shape index (κ3) is 1.53. The van der Waals surface area contributed by atoms with Crippen LogP contribution in [0.5, 0.6) is 0 Å². The van der Waals surface area contributed by atoms with E-state index in [2.05, 4.69) is 9.99 Å². The van der Waals surface area contributed by atoms with Crippen molar-refractivity contribution in [2.75, 3.05) is 0 Å². The molecule has 0 aliphatic carbocycles. The largest absolute Gasteiger partial charge is 0.354 e.